The summed E-state index contributed by atoms with van der Waals surface area (Å²) in [5.74, 6) is -0.572. The summed E-state index contributed by atoms with van der Waals surface area (Å²) in [7, 11) is 3.79. The zero-order valence-corrected chi connectivity index (χ0v) is 33.3. The number of unbranched alkanes of at least 4 members (excludes halogenated alkanes) is 18. The predicted molar refractivity (Wildman–Crippen MR) is 215 cm³/mol. The molecule has 0 bridgehead atoms. The molecule has 2 fully saturated rings. The summed E-state index contributed by atoms with van der Waals surface area (Å²) in [5, 5.41) is 11.2. The molecule has 290 valence electrons. The molecule has 0 aliphatic carbocycles. The highest BCUT2D eigenvalue weighted by Gasteiger charge is 2.52. The summed E-state index contributed by atoms with van der Waals surface area (Å²) in [6.07, 6.45) is 49.2. The molecule has 5 heteroatoms. The summed E-state index contributed by atoms with van der Waals surface area (Å²) in [4.78, 5) is 2.22. The average Bonchev–Trinajstić information content (AvgIpc) is 3.42. The maximum absolute atomic E-state index is 11.2. The van der Waals surface area contributed by atoms with Gasteiger partial charge in [-0.2, -0.15) is 0 Å². The second kappa shape index (κ2) is 30.2. The van der Waals surface area contributed by atoms with Crippen LogP contribution in [0.1, 0.15) is 181 Å². The standard InChI is InChI=1S/C45H81NO4/c1-5-7-9-11-13-15-17-19-21-23-25-27-29-31-33-35-37-45(49-42-40-46(3)39-41(48-4)43(47)44(42)50-45)38-36-34-32-30-28-26-24-22-20-18-16-14-12-10-8-6-2/h13-16,19-22,41-44,47H,5-12,17-18,23-40H2,1-4H3/b15-13-,16-14-,21-19-,22-20-/t41?,42?,43-,44+/m1/s1. The van der Waals surface area contributed by atoms with Gasteiger partial charge >= 0.3 is 0 Å². The van der Waals surface area contributed by atoms with Gasteiger partial charge in [0.1, 0.15) is 18.3 Å². The average molecular weight is 700 g/mol. The molecule has 4 atom stereocenters. The molecular formula is C45H81NO4. The van der Waals surface area contributed by atoms with Gasteiger partial charge in [-0.15, -0.1) is 0 Å². The van der Waals surface area contributed by atoms with Crippen LogP contribution in [0.5, 0.6) is 0 Å². The van der Waals surface area contributed by atoms with Crippen LogP contribution in [-0.4, -0.2) is 67.5 Å². The van der Waals surface area contributed by atoms with Gasteiger partial charge in [0.2, 0.25) is 0 Å². The fraction of sp³-hybridized carbons (Fsp3) is 0.822. The van der Waals surface area contributed by atoms with Crippen molar-refractivity contribution < 1.29 is 19.3 Å². The minimum atomic E-state index is -0.663. The first-order valence-electron chi connectivity index (χ1n) is 21.4. The van der Waals surface area contributed by atoms with E-state index < -0.39 is 11.9 Å². The molecule has 0 aromatic heterocycles. The van der Waals surface area contributed by atoms with E-state index in [1.165, 1.54) is 128 Å². The summed E-state index contributed by atoms with van der Waals surface area (Å²) >= 11 is 0. The van der Waals surface area contributed by atoms with Crippen LogP contribution in [0, 0.1) is 0 Å². The van der Waals surface area contributed by atoms with Gasteiger partial charge in [0.25, 0.3) is 0 Å². The number of hydrogen-bond acceptors (Lipinski definition) is 5. The largest absolute Gasteiger partial charge is 0.388 e. The molecule has 2 unspecified atom stereocenters. The Labute approximate surface area is 310 Å². The fourth-order valence-electron chi connectivity index (χ4n) is 7.47. The molecule has 0 spiro atoms. The van der Waals surface area contributed by atoms with Crippen molar-refractivity contribution in [1.29, 1.82) is 0 Å². The lowest BCUT2D eigenvalue weighted by atomic mass is 9.98. The number of nitrogens with zero attached hydrogens (tertiary/aromatic N) is 1. The number of hydrogen-bond donors (Lipinski definition) is 1. The van der Waals surface area contributed by atoms with Gasteiger partial charge in [-0.25, -0.2) is 0 Å². The molecule has 1 N–H and O–H groups in total. The molecule has 0 amide bonds. The van der Waals surface area contributed by atoms with E-state index in [1.807, 2.05) is 0 Å². The van der Waals surface area contributed by atoms with E-state index >= 15 is 0 Å². The van der Waals surface area contributed by atoms with Crippen molar-refractivity contribution in [1.82, 2.24) is 4.90 Å². The van der Waals surface area contributed by atoms with Gasteiger partial charge < -0.3 is 24.2 Å². The van der Waals surface area contributed by atoms with Crippen molar-refractivity contribution in [2.75, 3.05) is 27.2 Å². The van der Waals surface area contributed by atoms with Crippen LogP contribution < -0.4 is 0 Å². The van der Waals surface area contributed by atoms with Crippen LogP contribution in [-0.2, 0) is 14.2 Å². The Kier molecular flexibility index (Phi) is 27.2. The summed E-state index contributed by atoms with van der Waals surface area (Å²) < 4.78 is 19.3. The molecular weight excluding hydrogens is 618 g/mol. The van der Waals surface area contributed by atoms with Crippen molar-refractivity contribution in [3.8, 4) is 0 Å². The molecule has 2 aliphatic rings. The molecule has 0 aromatic rings. The number of likely N-dealkylation sites (tertiary alicyclic amines) is 1. The van der Waals surface area contributed by atoms with E-state index in [0.717, 1.165) is 45.1 Å². The first kappa shape index (κ1) is 44.9. The van der Waals surface area contributed by atoms with Crippen molar-refractivity contribution in [3.63, 3.8) is 0 Å². The number of ether oxygens (including phenoxy) is 3. The number of aliphatic hydroxyl groups is 1. The number of likely N-dealkylation sites (N-methyl/N-ethyl adjacent to an activating group) is 1. The van der Waals surface area contributed by atoms with Gasteiger partial charge in [-0.3, -0.25) is 0 Å². The zero-order valence-electron chi connectivity index (χ0n) is 33.3. The third-order valence-electron chi connectivity index (χ3n) is 10.6. The van der Waals surface area contributed by atoms with Crippen molar-refractivity contribution >= 4 is 0 Å². The Morgan fingerprint density at radius 1 is 0.580 bits per heavy atom. The topological polar surface area (TPSA) is 51.2 Å². The maximum atomic E-state index is 11.2. The van der Waals surface area contributed by atoms with Crippen LogP contribution in [0.2, 0.25) is 0 Å². The number of allylic oxidation sites excluding steroid dienone is 8. The molecule has 2 rings (SSSR count). The Morgan fingerprint density at radius 3 is 1.44 bits per heavy atom. The number of rotatable bonds is 31. The highest BCUT2D eigenvalue weighted by atomic mass is 16.8. The van der Waals surface area contributed by atoms with Gasteiger partial charge in [0.15, 0.2) is 5.79 Å². The van der Waals surface area contributed by atoms with Crippen molar-refractivity contribution in [2.45, 2.75) is 211 Å². The van der Waals surface area contributed by atoms with E-state index in [0.29, 0.717) is 6.54 Å². The zero-order chi connectivity index (χ0) is 36.0. The smallest absolute Gasteiger partial charge is 0.169 e. The first-order chi connectivity index (χ1) is 24.5. The number of methoxy groups -OCH3 is 1. The van der Waals surface area contributed by atoms with Gasteiger partial charge in [-0.05, 0) is 84.1 Å². The van der Waals surface area contributed by atoms with Crippen LogP contribution >= 0.6 is 0 Å². The second-order valence-electron chi connectivity index (χ2n) is 15.3. The van der Waals surface area contributed by atoms with Crippen molar-refractivity contribution in [2.24, 2.45) is 0 Å². The number of aliphatic hydroxyl groups excluding tert-OH is 1. The first-order valence-corrected chi connectivity index (χ1v) is 21.4. The molecule has 0 radical (unpaired) electrons. The van der Waals surface area contributed by atoms with E-state index in [9.17, 15) is 5.11 Å². The van der Waals surface area contributed by atoms with E-state index in [4.69, 9.17) is 14.2 Å². The summed E-state index contributed by atoms with van der Waals surface area (Å²) in [6, 6.07) is 0. The molecule has 2 saturated heterocycles. The minimum absolute atomic E-state index is 0.107. The van der Waals surface area contributed by atoms with E-state index in [2.05, 4.69) is 74.4 Å². The molecule has 5 nitrogen and oxygen atoms in total. The molecule has 0 aromatic carbocycles. The van der Waals surface area contributed by atoms with Crippen LogP contribution in [0.3, 0.4) is 0 Å². The lowest BCUT2D eigenvalue weighted by Gasteiger charge is -2.31. The Balaban J connectivity index is 1.67. The summed E-state index contributed by atoms with van der Waals surface area (Å²) in [5.41, 5.74) is 0. The number of fused-ring (bicyclic) bond motifs is 1. The lowest BCUT2D eigenvalue weighted by molar-refractivity contribution is -0.202. The van der Waals surface area contributed by atoms with E-state index in [-0.39, 0.29) is 18.3 Å². The highest BCUT2D eigenvalue weighted by Crippen LogP contribution is 2.40. The predicted octanol–water partition coefficient (Wildman–Crippen LogP) is 12.2. The summed E-state index contributed by atoms with van der Waals surface area (Å²) in [6.45, 7) is 5.99. The molecule has 50 heavy (non-hydrogen) atoms. The minimum Gasteiger partial charge on any atom is -0.388 e. The highest BCUT2D eigenvalue weighted by molar-refractivity contribution is 4.97. The fourth-order valence-corrected chi connectivity index (χ4v) is 7.47. The van der Waals surface area contributed by atoms with E-state index in [1.54, 1.807) is 7.11 Å². The lowest BCUT2D eigenvalue weighted by Crippen LogP contribution is -2.44. The molecule has 0 saturated carbocycles. The normalized spacial score (nSPS) is 22.9. The SMILES string of the molecule is CCCCC/C=C\C/C=C\CCCCCCCCC1(CCCCCCCC/C=C\C/C=C\CCCCC)OC2CN(C)CC(OC)[C@@H](O)[C@H]2O1. The Bertz CT molecular complexity index is 850. The maximum Gasteiger partial charge on any atom is 0.169 e. The quantitative estimate of drug-likeness (QED) is 0.0576. The van der Waals surface area contributed by atoms with Gasteiger partial charge in [0.05, 0.1) is 6.10 Å². The second-order valence-corrected chi connectivity index (χ2v) is 15.3. The Morgan fingerprint density at radius 2 is 1.00 bits per heavy atom. The van der Waals surface area contributed by atoms with Gasteiger partial charge in [-0.1, -0.05) is 140 Å². The third kappa shape index (κ3) is 20.7. The Hall–Kier alpha value is -1.24. The monoisotopic (exact) mass is 700 g/mol. The van der Waals surface area contributed by atoms with Crippen LogP contribution in [0.15, 0.2) is 48.6 Å². The molecule has 2 aliphatic heterocycles. The van der Waals surface area contributed by atoms with Crippen LogP contribution in [0.25, 0.3) is 0 Å². The van der Waals surface area contributed by atoms with Gasteiger partial charge in [0, 0.05) is 33.0 Å². The van der Waals surface area contributed by atoms with Crippen molar-refractivity contribution in [3.05, 3.63) is 48.6 Å². The molecule has 2 heterocycles. The third-order valence-corrected chi connectivity index (χ3v) is 10.6. The van der Waals surface area contributed by atoms with Crippen LogP contribution in [0.4, 0.5) is 0 Å².